The molecule has 0 amide bonds. The fourth-order valence-corrected chi connectivity index (χ4v) is 1.24. The summed E-state index contributed by atoms with van der Waals surface area (Å²) in [5.74, 6) is 0.638. The first kappa shape index (κ1) is 9.35. The third kappa shape index (κ3) is 2.18. The van der Waals surface area contributed by atoms with Crippen LogP contribution in [0.5, 0.6) is 0 Å². The zero-order valence-electron chi connectivity index (χ0n) is 8.01. The highest BCUT2D eigenvalue weighted by molar-refractivity contribution is 5.20. The highest BCUT2D eigenvalue weighted by Crippen LogP contribution is 2.02. The molecule has 2 heterocycles. The summed E-state index contributed by atoms with van der Waals surface area (Å²) < 4.78 is 12.3. The molecule has 0 saturated carbocycles. The third-order valence-corrected chi connectivity index (χ3v) is 1.99. The van der Waals surface area contributed by atoms with Crippen LogP contribution in [0.2, 0.25) is 0 Å². The summed E-state index contributed by atoms with van der Waals surface area (Å²) in [6.07, 6.45) is 0.0837. The zero-order valence-corrected chi connectivity index (χ0v) is 8.01. The maximum atomic E-state index is 5.45. The lowest BCUT2D eigenvalue weighted by molar-refractivity contribution is -0.0819. The molecule has 78 valence electrons. The molecule has 1 unspecified atom stereocenters. The van der Waals surface area contributed by atoms with Gasteiger partial charge in [-0.15, -0.1) is 0 Å². The number of hydrogen-bond donors (Lipinski definition) is 1. The lowest BCUT2D eigenvalue weighted by Gasteiger charge is -2.22. The molecule has 7 heteroatoms. The minimum Gasteiger partial charge on any atom is -0.376 e. The van der Waals surface area contributed by atoms with Gasteiger partial charge in [0.2, 0.25) is 5.95 Å². The predicted molar refractivity (Wildman–Crippen MR) is 47.8 cm³/mol. The van der Waals surface area contributed by atoms with Gasteiger partial charge in [0.1, 0.15) is 0 Å². The molecular formula is C7H13N5O2. The molecule has 1 aliphatic heterocycles. The van der Waals surface area contributed by atoms with E-state index in [2.05, 4.69) is 20.8 Å². The summed E-state index contributed by atoms with van der Waals surface area (Å²) >= 11 is 0. The van der Waals surface area contributed by atoms with Crippen molar-refractivity contribution >= 4 is 5.95 Å². The van der Waals surface area contributed by atoms with Crippen LogP contribution < -0.4 is 5.32 Å². The SMILES string of the molecule is Cn1nnnc1NCC1COCCO1. The molecule has 1 fully saturated rings. The standard InChI is InChI=1S/C7H13N5O2/c1-12-7(9-10-11-12)8-4-6-5-13-2-3-14-6/h6H,2-5H2,1H3,(H,8,9,11). The van der Waals surface area contributed by atoms with Gasteiger partial charge in [-0.3, -0.25) is 0 Å². The number of aryl methyl sites for hydroxylation is 1. The van der Waals surface area contributed by atoms with Crippen LogP contribution >= 0.6 is 0 Å². The number of rotatable bonds is 3. The van der Waals surface area contributed by atoms with Crippen LogP contribution in [-0.2, 0) is 16.5 Å². The van der Waals surface area contributed by atoms with Gasteiger partial charge in [0.05, 0.1) is 25.9 Å². The van der Waals surface area contributed by atoms with Crippen molar-refractivity contribution in [2.24, 2.45) is 7.05 Å². The average molecular weight is 199 g/mol. The van der Waals surface area contributed by atoms with E-state index in [4.69, 9.17) is 9.47 Å². The zero-order chi connectivity index (χ0) is 9.80. The van der Waals surface area contributed by atoms with Crippen LogP contribution in [0.25, 0.3) is 0 Å². The van der Waals surface area contributed by atoms with Crippen LogP contribution in [-0.4, -0.2) is 52.7 Å². The summed E-state index contributed by atoms with van der Waals surface area (Å²) in [5.41, 5.74) is 0. The van der Waals surface area contributed by atoms with Crippen LogP contribution in [0.1, 0.15) is 0 Å². The lowest BCUT2D eigenvalue weighted by atomic mass is 10.3. The molecule has 1 aliphatic rings. The maximum absolute atomic E-state index is 5.45. The smallest absolute Gasteiger partial charge is 0.242 e. The van der Waals surface area contributed by atoms with E-state index < -0.39 is 0 Å². The molecule has 1 N–H and O–H groups in total. The first-order valence-corrected chi connectivity index (χ1v) is 4.52. The van der Waals surface area contributed by atoms with Crippen LogP contribution in [0.15, 0.2) is 0 Å². The van der Waals surface area contributed by atoms with E-state index >= 15 is 0 Å². The fraction of sp³-hybridized carbons (Fsp3) is 0.857. The monoisotopic (exact) mass is 199 g/mol. The Balaban J connectivity index is 1.79. The quantitative estimate of drug-likeness (QED) is 0.675. The molecule has 0 aliphatic carbocycles. The molecule has 0 aromatic carbocycles. The Hall–Kier alpha value is -1.21. The van der Waals surface area contributed by atoms with Crippen LogP contribution in [0.4, 0.5) is 5.95 Å². The van der Waals surface area contributed by atoms with Gasteiger partial charge >= 0.3 is 0 Å². The Morgan fingerprint density at radius 2 is 2.50 bits per heavy atom. The largest absolute Gasteiger partial charge is 0.376 e. The Morgan fingerprint density at radius 3 is 3.14 bits per heavy atom. The van der Waals surface area contributed by atoms with Gasteiger partial charge in [-0.2, -0.15) is 0 Å². The van der Waals surface area contributed by atoms with Crippen LogP contribution in [0.3, 0.4) is 0 Å². The van der Waals surface area contributed by atoms with Gasteiger partial charge < -0.3 is 14.8 Å². The molecule has 0 radical (unpaired) electrons. The molecule has 0 spiro atoms. The van der Waals surface area contributed by atoms with Gasteiger partial charge in [-0.1, -0.05) is 5.10 Å². The maximum Gasteiger partial charge on any atom is 0.242 e. The van der Waals surface area contributed by atoms with Crippen molar-refractivity contribution in [3.05, 3.63) is 0 Å². The number of nitrogens with zero attached hydrogens (tertiary/aromatic N) is 4. The molecule has 7 nitrogen and oxygen atoms in total. The number of hydrogen-bond acceptors (Lipinski definition) is 6. The Labute approximate surface area is 81.4 Å². The molecule has 1 aromatic heterocycles. The first-order chi connectivity index (χ1) is 6.86. The van der Waals surface area contributed by atoms with Gasteiger partial charge in [-0.05, 0) is 10.4 Å². The van der Waals surface area contributed by atoms with Crippen molar-refractivity contribution in [3.63, 3.8) is 0 Å². The number of tetrazole rings is 1. The van der Waals surface area contributed by atoms with Crippen molar-refractivity contribution in [1.29, 1.82) is 0 Å². The van der Waals surface area contributed by atoms with E-state index in [9.17, 15) is 0 Å². The van der Waals surface area contributed by atoms with E-state index in [-0.39, 0.29) is 6.10 Å². The Kier molecular flexibility index (Phi) is 2.90. The van der Waals surface area contributed by atoms with Gasteiger partial charge in [0.15, 0.2) is 0 Å². The fourth-order valence-electron chi connectivity index (χ4n) is 1.24. The Bertz CT molecular complexity index is 283. The summed E-state index contributed by atoms with van der Waals surface area (Å²) in [7, 11) is 1.78. The normalized spacial score (nSPS) is 22.2. The minimum atomic E-state index is 0.0837. The molecule has 1 aromatic rings. The van der Waals surface area contributed by atoms with Crippen molar-refractivity contribution < 1.29 is 9.47 Å². The van der Waals surface area contributed by atoms with E-state index in [1.165, 1.54) is 0 Å². The Morgan fingerprint density at radius 1 is 1.57 bits per heavy atom. The second kappa shape index (κ2) is 4.34. The summed E-state index contributed by atoms with van der Waals surface area (Å²) in [4.78, 5) is 0. The lowest BCUT2D eigenvalue weighted by Crippen LogP contribution is -2.34. The molecule has 1 saturated heterocycles. The highest BCUT2D eigenvalue weighted by Gasteiger charge is 2.14. The number of ether oxygens (including phenoxy) is 2. The minimum absolute atomic E-state index is 0.0837. The summed E-state index contributed by atoms with van der Waals surface area (Å²) in [6.45, 7) is 2.62. The summed E-state index contributed by atoms with van der Waals surface area (Å²) in [6, 6.07) is 0. The second-order valence-corrected chi connectivity index (χ2v) is 3.07. The number of nitrogens with one attached hydrogen (secondary N) is 1. The molecule has 2 rings (SSSR count). The predicted octanol–water partition coefficient (Wildman–Crippen LogP) is -0.963. The van der Waals surface area contributed by atoms with Crippen molar-refractivity contribution in [2.45, 2.75) is 6.10 Å². The van der Waals surface area contributed by atoms with E-state index in [0.29, 0.717) is 32.3 Å². The van der Waals surface area contributed by atoms with E-state index in [1.54, 1.807) is 11.7 Å². The van der Waals surface area contributed by atoms with E-state index in [0.717, 1.165) is 0 Å². The molecular weight excluding hydrogens is 186 g/mol. The summed E-state index contributed by atoms with van der Waals surface area (Å²) in [5, 5.41) is 14.1. The number of aromatic nitrogens is 4. The van der Waals surface area contributed by atoms with Gasteiger partial charge in [-0.25, -0.2) is 4.68 Å². The van der Waals surface area contributed by atoms with Crippen molar-refractivity contribution in [1.82, 2.24) is 20.2 Å². The van der Waals surface area contributed by atoms with Crippen LogP contribution in [0, 0.1) is 0 Å². The van der Waals surface area contributed by atoms with Gasteiger partial charge in [0, 0.05) is 13.6 Å². The average Bonchev–Trinajstić information content (AvgIpc) is 2.63. The van der Waals surface area contributed by atoms with Crippen molar-refractivity contribution in [3.8, 4) is 0 Å². The van der Waals surface area contributed by atoms with E-state index in [1.807, 2.05) is 0 Å². The first-order valence-electron chi connectivity index (χ1n) is 4.52. The molecule has 14 heavy (non-hydrogen) atoms. The molecule has 0 bridgehead atoms. The molecule has 1 atom stereocenters. The second-order valence-electron chi connectivity index (χ2n) is 3.07. The van der Waals surface area contributed by atoms with Crippen molar-refractivity contribution in [2.75, 3.05) is 31.7 Å². The topological polar surface area (TPSA) is 74.1 Å². The number of anilines is 1. The van der Waals surface area contributed by atoms with Gasteiger partial charge in [0.25, 0.3) is 0 Å². The third-order valence-electron chi connectivity index (χ3n) is 1.99. The highest BCUT2D eigenvalue weighted by atomic mass is 16.6.